The Kier molecular flexibility index (Phi) is 3.97. The van der Waals surface area contributed by atoms with Crippen LogP contribution in [0.25, 0.3) is 0 Å². The summed E-state index contributed by atoms with van der Waals surface area (Å²) >= 11 is 7.33. The largest absolute Gasteiger partial charge is 0.375 e. The van der Waals surface area contributed by atoms with Crippen molar-refractivity contribution in [2.45, 2.75) is 50.5 Å². The third kappa shape index (κ3) is 2.88. The predicted molar refractivity (Wildman–Crippen MR) is 78.2 cm³/mol. The Balaban J connectivity index is 1.72. The van der Waals surface area contributed by atoms with Gasteiger partial charge >= 0.3 is 0 Å². The number of rotatable bonds is 2. The summed E-state index contributed by atoms with van der Waals surface area (Å²) in [6.07, 6.45) is 7.81. The second-order valence-electron chi connectivity index (χ2n) is 5.75. The number of thiophene rings is 1. The third-order valence-electron chi connectivity index (χ3n) is 4.44. The number of carbonyl (C=O) groups is 1. The maximum Gasteiger partial charge on any atom is 0.176 e. The van der Waals surface area contributed by atoms with E-state index in [9.17, 15) is 4.79 Å². The van der Waals surface area contributed by atoms with Gasteiger partial charge in [-0.1, -0.05) is 30.9 Å². The molecule has 2 aliphatic rings. The van der Waals surface area contributed by atoms with Crippen LogP contribution in [-0.4, -0.2) is 18.0 Å². The molecule has 1 aliphatic heterocycles. The van der Waals surface area contributed by atoms with Gasteiger partial charge in [-0.15, -0.1) is 11.3 Å². The molecule has 2 heterocycles. The summed E-state index contributed by atoms with van der Waals surface area (Å²) in [7, 11) is 0. The molecule has 1 saturated heterocycles. The zero-order valence-electron chi connectivity index (χ0n) is 11.0. The maximum absolute atomic E-state index is 12.5. The highest BCUT2D eigenvalue weighted by Crippen LogP contribution is 2.42. The van der Waals surface area contributed by atoms with Gasteiger partial charge in [0, 0.05) is 12.5 Å². The van der Waals surface area contributed by atoms with Crippen LogP contribution in [0.1, 0.15) is 54.6 Å². The van der Waals surface area contributed by atoms with Gasteiger partial charge in [0.05, 0.1) is 14.8 Å². The quantitative estimate of drug-likeness (QED) is 0.739. The minimum atomic E-state index is -0.00210. The molecule has 0 bridgehead atoms. The van der Waals surface area contributed by atoms with Crippen molar-refractivity contribution in [3.8, 4) is 0 Å². The van der Waals surface area contributed by atoms with Crippen molar-refractivity contribution in [2.24, 2.45) is 5.92 Å². The highest BCUT2D eigenvalue weighted by atomic mass is 35.5. The lowest BCUT2D eigenvalue weighted by Gasteiger charge is -2.43. The topological polar surface area (TPSA) is 26.3 Å². The molecule has 2 nitrogen and oxygen atoms in total. The lowest BCUT2D eigenvalue weighted by atomic mass is 9.75. The molecule has 4 heteroatoms. The van der Waals surface area contributed by atoms with E-state index < -0.39 is 0 Å². The number of ketones is 1. The number of carbonyl (C=O) groups excluding carboxylic acids is 1. The molecule has 104 valence electrons. The average molecular weight is 299 g/mol. The van der Waals surface area contributed by atoms with Gasteiger partial charge in [-0.25, -0.2) is 0 Å². The number of ether oxygens (including phenoxy) is 1. The van der Waals surface area contributed by atoms with Gasteiger partial charge in [0.15, 0.2) is 5.78 Å². The van der Waals surface area contributed by atoms with Crippen LogP contribution in [0.2, 0.25) is 4.34 Å². The highest BCUT2D eigenvalue weighted by Gasteiger charge is 2.40. The molecule has 1 unspecified atom stereocenters. The minimum Gasteiger partial charge on any atom is -0.375 e. The Bertz CT molecular complexity index is 457. The molecule has 0 amide bonds. The van der Waals surface area contributed by atoms with Gasteiger partial charge in [0.1, 0.15) is 0 Å². The van der Waals surface area contributed by atoms with E-state index in [2.05, 4.69) is 0 Å². The molecule has 1 atom stereocenters. The second kappa shape index (κ2) is 5.55. The molecule has 1 aromatic heterocycles. The monoisotopic (exact) mass is 298 g/mol. The first-order valence-corrected chi connectivity index (χ1v) is 8.32. The molecule has 3 rings (SSSR count). The van der Waals surface area contributed by atoms with E-state index >= 15 is 0 Å². The van der Waals surface area contributed by atoms with Crippen LogP contribution in [0.15, 0.2) is 12.1 Å². The zero-order chi connectivity index (χ0) is 13.3. The molecular weight excluding hydrogens is 280 g/mol. The Labute approximate surface area is 123 Å². The molecule has 1 aliphatic carbocycles. The van der Waals surface area contributed by atoms with Crippen molar-refractivity contribution in [1.82, 2.24) is 0 Å². The van der Waals surface area contributed by atoms with Crippen molar-refractivity contribution in [3.63, 3.8) is 0 Å². The Morgan fingerprint density at radius 3 is 2.79 bits per heavy atom. The fourth-order valence-electron chi connectivity index (χ4n) is 3.44. The number of halogens is 1. The Morgan fingerprint density at radius 2 is 2.11 bits per heavy atom. The van der Waals surface area contributed by atoms with Crippen molar-refractivity contribution in [1.29, 1.82) is 0 Å². The van der Waals surface area contributed by atoms with Gasteiger partial charge in [-0.2, -0.15) is 0 Å². The lowest BCUT2D eigenvalue weighted by molar-refractivity contribution is -0.111. The highest BCUT2D eigenvalue weighted by molar-refractivity contribution is 7.18. The second-order valence-corrected chi connectivity index (χ2v) is 7.46. The maximum atomic E-state index is 12.5. The van der Waals surface area contributed by atoms with Crippen LogP contribution in [-0.2, 0) is 4.74 Å². The molecule has 0 N–H and O–H groups in total. The molecule has 0 radical (unpaired) electrons. The first kappa shape index (κ1) is 13.6. The van der Waals surface area contributed by atoms with Crippen LogP contribution in [0.5, 0.6) is 0 Å². The fourth-order valence-corrected chi connectivity index (χ4v) is 4.51. The summed E-state index contributed by atoms with van der Waals surface area (Å²) in [6.45, 7) is 0.732. The smallest absolute Gasteiger partial charge is 0.176 e. The molecule has 2 fully saturated rings. The van der Waals surface area contributed by atoms with Gasteiger partial charge in [-0.05, 0) is 37.8 Å². The number of Topliss-reactive ketones (excluding diaryl/α,β-unsaturated/α-hetero) is 1. The standard InChI is InChI=1S/C15H19ClO2S/c16-13-5-4-12(19-13)14(17)11-6-9-18-15(10-11)7-2-1-3-8-15/h4-5,11H,1-3,6-10H2. The van der Waals surface area contributed by atoms with Crippen molar-refractivity contribution in [3.05, 3.63) is 21.3 Å². The summed E-state index contributed by atoms with van der Waals surface area (Å²) in [5.74, 6) is 0.395. The van der Waals surface area contributed by atoms with Gasteiger partial charge < -0.3 is 4.74 Å². The number of hydrogen-bond acceptors (Lipinski definition) is 3. The normalized spacial score (nSPS) is 26.5. The Hall–Kier alpha value is -0.380. The average Bonchev–Trinajstić information content (AvgIpc) is 2.85. The molecule has 0 aromatic carbocycles. The fraction of sp³-hybridized carbons (Fsp3) is 0.667. The van der Waals surface area contributed by atoms with E-state index in [0.29, 0.717) is 4.34 Å². The summed E-state index contributed by atoms with van der Waals surface area (Å²) in [5.41, 5.74) is -0.00210. The SMILES string of the molecule is O=C(c1ccc(Cl)s1)C1CCOC2(CCCCC2)C1. The molecular formula is C15H19ClO2S. The van der Waals surface area contributed by atoms with Gasteiger partial charge in [0.25, 0.3) is 0 Å². The van der Waals surface area contributed by atoms with E-state index in [-0.39, 0.29) is 17.3 Å². The molecule has 19 heavy (non-hydrogen) atoms. The summed E-state index contributed by atoms with van der Waals surface area (Å²) < 4.78 is 6.75. The first-order valence-electron chi connectivity index (χ1n) is 7.12. The summed E-state index contributed by atoms with van der Waals surface area (Å²) in [4.78, 5) is 13.3. The van der Waals surface area contributed by atoms with E-state index in [4.69, 9.17) is 16.3 Å². The van der Waals surface area contributed by atoms with Crippen molar-refractivity contribution >= 4 is 28.7 Å². The van der Waals surface area contributed by atoms with Crippen molar-refractivity contribution in [2.75, 3.05) is 6.61 Å². The van der Waals surface area contributed by atoms with Crippen LogP contribution >= 0.6 is 22.9 Å². The lowest BCUT2D eigenvalue weighted by Crippen LogP contribution is -2.43. The third-order valence-corrected chi connectivity index (χ3v) is 5.69. The van der Waals surface area contributed by atoms with E-state index in [1.54, 1.807) is 0 Å². The number of hydrogen-bond donors (Lipinski definition) is 0. The van der Waals surface area contributed by atoms with Gasteiger partial charge in [-0.3, -0.25) is 4.79 Å². The first-order chi connectivity index (χ1) is 9.19. The van der Waals surface area contributed by atoms with E-state index in [1.807, 2.05) is 12.1 Å². The van der Waals surface area contributed by atoms with Gasteiger partial charge in [0.2, 0.25) is 0 Å². The molecule has 1 spiro atoms. The molecule has 1 saturated carbocycles. The van der Waals surface area contributed by atoms with Crippen molar-refractivity contribution < 1.29 is 9.53 Å². The van der Waals surface area contributed by atoms with Crippen LogP contribution < -0.4 is 0 Å². The van der Waals surface area contributed by atoms with Crippen LogP contribution in [0.4, 0.5) is 0 Å². The van der Waals surface area contributed by atoms with Crippen LogP contribution in [0.3, 0.4) is 0 Å². The van der Waals surface area contributed by atoms with Crippen LogP contribution in [0, 0.1) is 5.92 Å². The summed E-state index contributed by atoms with van der Waals surface area (Å²) in [6, 6.07) is 3.67. The zero-order valence-corrected chi connectivity index (χ0v) is 12.6. The predicted octanol–water partition coefficient (Wildman–Crippen LogP) is 4.71. The summed E-state index contributed by atoms with van der Waals surface area (Å²) in [5, 5.41) is 0. The van der Waals surface area contributed by atoms with E-state index in [1.165, 1.54) is 30.6 Å². The molecule has 1 aromatic rings. The minimum absolute atomic E-state index is 0.00210. The Morgan fingerprint density at radius 1 is 1.32 bits per heavy atom. The van der Waals surface area contributed by atoms with E-state index in [0.717, 1.165) is 37.2 Å².